The van der Waals surface area contributed by atoms with Crippen molar-refractivity contribution in [3.63, 3.8) is 0 Å². The third-order valence-electron chi connectivity index (χ3n) is 3.14. The number of halogens is 2. The fourth-order valence-corrected chi connectivity index (χ4v) is 1.97. The topological polar surface area (TPSA) is 51.0 Å². The molecule has 0 aliphatic carbocycles. The molecular formula is C15H19F2N3O. The zero-order valence-electron chi connectivity index (χ0n) is 12.2. The lowest BCUT2D eigenvalue weighted by atomic mass is 10.1. The molecule has 1 aromatic carbocycles. The summed E-state index contributed by atoms with van der Waals surface area (Å²) in [5.41, 5.74) is 0.0905. The van der Waals surface area contributed by atoms with Crippen LogP contribution >= 0.6 is 0 Å². The van der Waals surface area contributed by atoms with E-state index in [0.717, 1.165) is 25.9 Å². The van der Waals surface area contributed by atoms with Crippen molar-refractivity contribution in [2.45, 2.75) is 33.1 Å². The Morgan fingerprint density at radius 3 is 2.76 bits per heavy atom. The number of benzene rings is 1. The third kappa shape index (κ3) is 3.85. The molecule has 1 aromatic heterocycles. The molecule has 4 nitrogen and oxygen atoms in total. The van der Waals surface area contributed by atoms with E-state index in [-0.39, 0.29) is 11.5 Å². The van der Waals surface area contributed by atoms with Crippen LogP contribution in [0.5, 0.6) is 0 Å². The van der Waals surface area contributed by atoms with Gasteiger partial charge >= 0.3 is 0 Å². The fourth-order valence-electron chi connectivity index (χ4n) is 1.97. The van der Waals surface area contributed by atoms with Crippen LogP contribution in [-0.2, 0) is 6.42 Å². The number of hydrogen-bond acceptors (Lipinski definition) is 4. The lowest BCUT2D eigenvalue weighted by Crippen LogP contribution is -2.16. The smallest absolute Gasteiger partial charge is 0.253 e. The van der Waals surface area contributed by atoms with Gasteiger partial charge < -0.3 is 9.73 Å². The first-order valence-electron chi connectivity index (χ1n) is 7.11. The molecule has 0 spiro atoms. The van der Waals surface area contributed by atoms with Crippen molar-refractivity contribution >= 4 is 0 Å². The highest BCUT2D eigenvalue weighted by atomic mass is 19.1. The predicted octanol–water partition coefficient (Wildman–Crippen LogP) is 3.26. The highest BCUT2D eigenvalue weighted by molar-refractivity contribution is 5.56. The Bertz CT molecular complexity index is 599. The van der Waals surface area contributed by atoms with Gasteiger partial charge in [0.25, 0.3) is 5.89 Å². The molecule has 1 N–H and O–H groups in total. The molecule has 21 heavy (non-hydrogen) atoms. The Hall–Kier alpha value is -1.82. The predicted molar refractivity (Wildman–Crippen MR) is 75.9 cm³/mol. The van der Waals surface area contributed by atoms with E-state index >= 15 is 0 Å². The quantitative estimate of drug-likeness (QED) is 0.797. The molecule has 0 radical (unpaired) electrons. The average Bonchev–Trinajstić information content (AvgIpc) is 2.92. The van der Waals surface area contributed by atoms with E-state index in [4.69, 9.17) is 4.42 Å². The van der Waals surface area contributed by atoms with Crippen LogP contribution in [0.25, 0.3) is 11.5 Å². The summed E-state index contributed by atoms with van der Waals surface area (Å²) in [5, 5.41) is 10.9. The minimum absolute atomic E-state index is 0.106. The maximum absolute atomic E-state index is 14.0. The molecule has 0 aliphatic heterocycles. The van der Waals surface area contributed by atoms with E-state index in [1.54, 1.807) is 6.92 Å². The van der Waals surface area contributed by atoms with Gasteiger partial charge in [0.1, 0.15) is 17.2 Å². The minimum atomic E-state index is -0.696. The van der Waals surface area contributed by atoms with Crippen molar-refractivity contribution in [2.75, 3.05) is 13.1 Å². The molecule has 0 saturated heterocycles. The van der Waals surface area contributed by atoms with Gasteiger partial charge in [-0.2, -0.15) is 0 Å². The molecule has 0 bridgehead atoms. The van der Waals surface area contributed by atoms with Gasteiger partial charge in [-0.15, -0.1) is 10.2 Å². The summed E-state index contributed by atoms with van der Waals surface area (Å²) < 4.78 is 33.1. The van der Waals surface area contributed by atoms with Crippen LogP contribution in [0.1, 0.15) is 31.2 Å². The lowest BCUT2D eigenvalue weighted by molar-refractivity contribution is 0.482. The monoisotopic (exact) mass is 295 g/mol. The number of aromatic nitrogens is 2. The molecule has 0 amide bonds. The van der Waals surface area contributed by atoms with E-state index in [2.05, 4.69) is 22.4 Å². The molecule has 0 unspecified atom stereocenters. The van der Waals surface area contributed by atoms with Crippen LogP contribution in [0.15, 0.2) is 16.5 Å². The maximum atomic E-state index is 14.0. The Labute approximate surface area is 122 Å². The Morgan fingerprint density at radius 2 is 2.00 bits per heavy atom. The summed E-state index contributed by atoms with van der Waals surface area (Å²) >= 11 is 0. The summed E-state index contributed by atoms with van der Waals surface area (Å²) in [4.78, 5) is 0. The molecule has 0 atom stereocenters. The molecule has 0 aliphatic rings. The SMILES string of the molecule is CCCNCCCc1nnc(-c2c(F)ccc(C)c2F)o1. The number of rotatable bonds is 7. The van der Waals surface area contributed by atoms with Crippen LogP contribution in [0.4, 0.5) is 8.78 Å². The first-order chi connectivity index (χ1) is 10.1. The summed E-state index contributed by atoms with van der Waals surface area (Å²) in [6.45, 7) is 5.48. The molecule has 0 saturated carbocycles. The summed E-state index contributed by atoms with van der Waals surface area (Å²) in [7, 11) is 0. The summed E-state index contributed by atoms with van der Waals surface area (Å²) in [6.07, 6.45) is 2.50. The summed E-state index contributed by atoms with van der Waals surface area (Å²) in [6, 6.07) is 2.58. The van der Waals surface area contributed by atoms with Gasteiger partial charge in [0.15, 0.2) is 0 Å². The minimum Gasteiger partial charge on any atom is -0.420 e. The van der Waals surface area contributed by atoms with Crippen LogP contribution in [0, 0.1) is 18.6 Å². The van der Waals surface area contributed by atoms with Gasteiger partial charge in [0, 0.05) is 6.42 Å². The van der Waals surface area contributed by atoms with Crippen molar-refractivity contribution in [1.82, 2.24) is 15.5 Å². The van der Waals surface area contributed by atoms with Crippen LogP contribution in [-0.4, -0.2) is 23.3 Å². The molecule has 1 heterocycles. The lowest BCUT2D eigenvalue weighted by Gasteiger charge is -2.02. The van der Waals surface area contributed by atoms with E-state index < -0.39 is 11.6 Å². The largest absolute Gasteiger partial charge is 0.420 e. The normalized spacial score (nSPS) is 11.0. The number of hydrogen-bond donors (Lipinski definition) is 1. The van der Waals surface area contributed by atoms with Crippen molar-refractivity contribution in [2.24, 2.45) is 0 Å². The van der Waals surface area contributed by atoms with Crippen molar-refractivity contribution in [1.29, 1.82) is 0 Å². The van der Waals surface area contributed by atoms with E-state index in [0.29, 0.717) is 17.9 Å². The highest BCUT2D eigenvalue weighted by Gasteiger charge is 2.19. The van der Waals surface area contributed by atoms with Gasteiger partial charge in [-0.1, -0.05) is 13.0 Å². The van der Waals surface area contributed by atoms with Gasteiger partial charge in [-0.3, -0.25) is 0 Å². The molecule has 2 rings (SSSR count). The molecule has 6 heteroatoms. The second-order valence-corrected chi connectivity index (χ2v) is 4.91. The maximum Gasteiger partial charge on any atom is 0.253 e. The second kappa shape index (κ2) is 7.26. The zero-order valence-corrected chi connectivity index (χ0v) is 12.2. The van der Waals surface area contributed by atoms with Crippen LogP contribution in [0.3, 0.4) is 0 Å². The Morgan fingerprint density at radius 1 is 1.19 bits per heavy atom. The second-order valence-electron chi connectivity index (χ2n) is 4.91. The van der Waals surface area contributed by atoms with E-state index in [1.807, 2.05) is 0 Å². The number of aryl methyl sites for hydroxylation is 2. The molecule has 114 valence electrons. The van der Waals surface area contributed by atoms with Gasteiger partial charge in [0.2, 0.25) is 5.89 Å². The highest BCUT2D eigenvalue weighted by Crippen LogP contribution is 2.27. The first kappa shape index (κ1) is 15.6. The van der Waals surface area contributed by atoms with Crippen molar-refractivity contribution in [3.05, 3.63) is 35.2 Å². The van der Waals surface area contributed by atoms with Crippen molar-refractivity contribution in [3.8, 4) is 11.5 Å². The summed E-state index contributed by atoms with van der Waals surface area (Å²) in [5.74, 6) is -1.07. The average molecular weight is 295 g/mol. The Kier molecular flexibility index (Phi) is 5.38. The zero-order chi connectivity index (χ0) is 15.2. The van der Waals surface area contributed by atoms with E-state index in [1.165, 1.54) is 12.1 Å². The van der Waals surface area contributed by atoms with Gasteiger partial charge in [0.05, 0.1) is 0 Å². The van der Waals surface area contributed by atoms with Gasteiger partial charge in [-0.05, 0) is 44.5 Å². The number of nitrogens with zero attached hydrogens (tertiary/aromatic N) is 2. The standard InChI is InChI=1S/C15H19F2N3O/c1-3-8-18-9-4-5-12-19-20-15(21-12)13-11(16)7-6-10(2)14(13)17/h6-7,18H,3-5,8-9H2,1-2H3. The molecular weight excluding hydrogens is 276 g/mol. The van der Waals surface area contributed by atoms with Crippen LogP contribution < -0.4 is 5.32 Å². The molecule has 0 fully saturated rings. The van der Waals surface area contributed by atoms with Crippen molar-refractivity contribution < 1.29 is 13.2 Å². The third-order valence-corrected chi connectivity index (χ3v) is 3.14. The first-order valence-corrected chi connectivity index (χ1v) is 7.11. The molecule has 2 aromatic rings. The van der Waals surface area contributed by atoms with Crippen LogP contribution in [0.2, 0.25) is 0 Å². The van der Waals surface area contributed by atoms with E-state index in [9.17, 15) is 8.78 Å². The fraction of sp³-hybridized carbons (Fsp3) is 0.467. The number of nitrogens with one attached hydrogen (secondary N) is 1. The van der Waals surface area contributed by atoms with Gasteiger partial charge in [-0.25, -0.2) is 8.78 Å². The Balaban J connectivity index is 2.05.